The van der Waals surface area contributed by atoms with Gasteiger partial charge in [-0.05, 0) is 37.0 Å². The highest BCUT2D eigenvalue weighted by molar-refractivity contribution is 5.30. The Kier molecular flexibility index (Phi) is 4.74. The number of benzene rings is 1. The van der Waals surface area contributed by atoms with E-state index in [0.717, 1.165) is 6.42 Å². The van der Waals surface area contributed by atoms with E-state index < -0.39 is 6.10 Å². The van der Waals surface area contributed by atoms with Gasteiger partial charge in [-0.3, -0.25) is 0 Å². The van der Waals surface area contributed by atoms with Gasteiger partial charge in [0.2, 0.25) is 0 Å². The Morgan fingerprint density at radius 3 is 2.50 bits per heavy atom. The van der Waals surface area contributed by atoms with Crippen molar-refractivity contribution >= 4 is 0 Å². The number of hydrogen-bond donors (Lipinski definition) is 1. The Morgan fingerprint density at radius 2 is 1.94 bits per heavy atom. The second kappa shape index (κ2) is 5.85. The Balaban J connectivity index is 2.65. The molecule has 0 heterocycles. The van der Waals surface area contributed by atoms with E-state index in [1.165, 1.54) is 12.1 Å². The number of aliphatic hydroxyl groups is 1. The van der Waals surface area contributed by atoms with E-state index in [0.29, 0.717) is 23.8 Å². The first-order chi connectivity index (χ1) is 7.49. The molecule has 1 rings (SSSR count). The molecule has 1 aromatic rings. The predicted molar refractivity (Wildman–Crippen MR) is 62.0 cm³/mol. The third-order valence-corrected chi connectivity index (χ3v) is 2.34. The van der Waals surface area contributed by atoms with Gasteiger partial charge >= 0.3 is 0 Å². The molecule has 0 saturated heterocycles. The summed E-state index contributed by atoms with van der Waals surface area (Å²) >= 11 is 0. The van der Waals surface area contributed by atoms with Crippen molar-refractivity contribution in [2.45, 2.75) is 33.3 Å². The van der Waals surface area contributed by atoms with Crippen LogP contribution in [0.4, 0.5) is 4.39 Å². The summed E-state index contributed by atoms with van der Waals surface area (Å²) in [5, 5.41) is 9.36. The predicted octanol–water partition coefficient (Wildman–Crippen LogP) is 3.30. The van der Waals surface area contributed by atoms with Crippen LogP contribution in [0.3, 0.4) is 0 Å². The number of aliphatic hydroxyl groups excluding tert-OH is 1. The van der Waals surface area contributed by atoms with Crippen molar-refractivity contribution in [1.29, 1.82) is 0 Å². The minimum Gasteiger partial charge on any atom is -0.493 e. The largest absolute Gasteiger partial charge is 0.493 e. The van der Waals surface area contributed by atoms with Gasteiger partial charge in [-0.25, -0.2) is 4.39 Å². The summed E-state index contributed by atoms with van der Waals surface area (Å²) in [5.41, 5.74) is 0.541. The van der Waals surface area contributed by atoms with E-state index in [4.69, 9.17) is 4.74 Å². The highest BCUT2D eigenvalue weighted by Gasteiger charge is 2.06. The van der Waals surface area contributed by atoms with Crippen molar-refractivity contribution in [3.63, 3.8) is 0 Å². The Morgan fingerprint density at radius 1 is 1.25 bits per heavy atom. The summed E-state index contributed by atoms with van der Waals surface area (Å²) in [6.07, 6.45) is 0.253. The zero-order valence-electron chi connectivity index (χ0n) is 10.0. The summed E-state index contributed by atoms with van der Waals surface area (Å²) in [6.45, 7) is 6.39. The van der Waals surface area contributed by atoms with Gasteiger partial charge < -0.3 is 9.84 Å². The normalized spacial score (nSPS) is 12.9. The molecule has 0 radical (unpaired) electrons. The van der Waals surface area contributed by atoms with Crippen LogP contribution in [0.15, 0.2) is 18.2 Å². The molecule has 0 saturated carbocycles. The summed E-state index contributed by atoms with van der Waals surface area (Å²) in [5.74, 6) is 0.666. The molecule has 0 amide bonds. The van der Waals surface area contributed by atoms with E-state index >= 15 is 0 Å². The van der Waals surface area contributed by atoms with Gasteiger partial charge in [0.05, 0.1) is 12.7 Å². The van der Waals surface area contributed by atoms with Crippen LogP contribution in [0.25, 0.3) is 0 Å². The molecular formula is C13H19FO2. The fourth-order valence-corrected chi connectivity index (χ4v) is 1.32. The van der Waals surface area contributed by atoms with Crippen LogP contribution < -0.4 is 4.74 Å². The Bertz CT molecular complexity index is 335. The van der Waals surface area contributed by atoms with Gasteiger partial charge in [-0.15, -0.1) is 0 Å². The van der Waals surface area contributed by atoms with E-state index in [1.54, 1.807) is 13.0 Å². The zero-order chi connectivity index (χ0) is 12.1. The third kappa shape index (κ3) is 4.19. The molecule has 16 heavy (non-hydrogen) atoms. The van der Waals surface area contributed by atoms with Crippen LogP contribution in [-0.2, 0) is 0 Å². The molecule has 0 aliphatic heterocycles. The van der Waals surface area contributed by atoms with Crippen molar-refractivity contribution in [2.75, 3.05) is 6.61 Å². The summed E-state index contributed by atoms with van der Waals surface area (Å²) < 4.78 is 18.6. The Hall–Kier alpha value is -1.09. The third-order valence-electron chi connectivity index (χ3n) is 2.34. The van der Waals surface area contributed by atoms with Gasteiger partial charge in [0.25, 0.3) is 0 Å². The maximum absolute atomic E-state index is 13.2. The first-order valence-electron chi connectivity index (χ1n) is 5.60. The molecule has 1 N–H and O–H groups in total. The molecule has 1 aromatic carbocycles. The number of hydrogen-bond acceptors (Lipinski definition) is 2. The van der Waals surface area contributed by atoms with E-state index in [9.17, 15) is 9.50 Å². The van der Waals surface area contributed by atoms with Gasteiger partial charge in [0, 0.05) is 6.07 Å². The molecule has 3 heteroatoms. The van der Waals surface area contributed by atoms with Crippen LogP contribution in [0.1, 0.15) is 38.9 Å². The molecule has 0 aliphatic carbocycles. The summed E-state index contributed by atoms with van der Waals surface area (Å²) in [6, 6.07) is 4.33. The molecular weight excluding hydrogens is 207 g/mol. The number of halogens is 1. The van der Waals surface area contributed by atoms with Gasteiger partial charge in [0.15, 0.2) is 0 Å². The number of ether oxygens (including phenoxy) is 1. The summed E-state index contributed by atoms with van der Waals surface area (Å²) in [7, 11) is 0. The standard InChI is InChI=1S/C13H19FO2/c1-9(2)4-5-16-13-7-11(10(3)15)6-12(14)8-13/h6-10,15H,4-5H2,1-3H3/t10-/m1/s1. The second-order valence-corrected chi connectivity index (χ2v) is 4.43. The molecule has 0 fully saturated rings. The molecule has 1 atom stereocenters. The lowest BCUT2D eigenvalue weighted by Crippen LogP contribution is -2.02. The van der Waals surface area contributed by atoms with Crippen LogP contribution in [0.2, 0.25) is 0 Å². The monoisotopic (exact) mass is 226 g/mol. The lowest BCUT2D eigenvalue weighted by Gasteiger charge is -2.11. The van der Waals surface area contributed by atoms with Gasteiger partial charge in [-0.2, -0.15) is 0 Å². The van der Waals surface area contributed by atoms with Crippen LogP contribution in [0.5, 0.6) is 5.75 Å². The second-order valence-electron chi connectivity index (χ2n) is 4.43. The maximum Gasteiger partial charge on any atom is 0.127 e. The molecule has 0 aliphatic rings. The molecule has 2 nitrogen and oxygen atoms in total. The quantitative estimate of drug-likeness (QED) is 0.834. The fourth-order valence-electron chi connectivity index (χ4n) is 1.32. The lowest BCUT2D eigenvalue weighted by atomic mass is 10.1. The highest BCUT2D eigenvalue weighted by atomic mass is 19.1. The topological polar surface area (TPSA) is 29.5 Å². The minimum absolute atomic E-state index is 0.377. The van der Waals surface area contributed by atoms with E-state index in [-0.39, 0.29) is 5.82 Å². The highest BCUT2D eigenvalue weighted by Crippen LogP contribution is 2.21. The first-order valence-corrected chi connectivity index (χ1v) is 5.60. The van der Waals surface area contributed by atoms with Gasteiger partial charge in [0.1, 0.15) is 11.6 Å². The van der Waals surface area contributed by atoms with Crippen LogP contribution >= 0.6 is 0 Å². The van der Waals surface area contributed by atoms with Crippen molar-refractivity contribution in [3.8, 4) is 5.75 Å². The fraction of sp³-hybridized carbons (Fsp3) is 0.538. The number of rotatable bonds is 5. The molecule has 0 bridgehead atoms. The van der Waals surface area contributed by atoms with Crippen LogP contribution in [0, 0.1) is 11.7 Å². The molecule has 0 spiro atoms. The Labute approximate surface area is 96.1 Å². The summed E-state index contributed by atoms with van der Waals surface area (Å²) in [4.78, 5) is 0. The lowest BCUT2D eigenvalue weighted by molar-refractivity contribution is 0.197. The van der Waals surface area contributed by atoms with Gasteiger partial charge in [-0.1, -0.05) is 13.8 Å². The molecule has 0 aromatic heterocycles. The average Bonchev–Trinajstić information content (AvgIpc) is 2.16. The van der Waals surface area contributed by atoms with E-state index in [1.807, 2.05) is 0 Å². The minimum atomic E-state index is -0.678. The van der Waals surface area contributed by atoms with Crippen molar-refractivity contribution in [2.24, 2.45) is 5.92 Å². The smallest absolute Gasteiger partial charge is 0.127 e. The molecule has 90 valence electrons. The van der Waals surface area contributed by atoms with Crippen LogP contribution in [-0.4, -0.2) is 11.7 Å². The first kappa shape index (κ1) is 13.0. The van der Waals surface area contributed by atoms with Crippen molar-refractivity contribution in [3.05, 3.63) is 29.6 Å². The average molecular weight is 226 g/mol. The van der Waals surface area contributed by atoms with Crippen molar-refractivity contribution < 1.29 is 14.2 Å². The maximum atomic E-state index is 13.2. The SMILES string of the molecule is CC(C)CCOc1cc(F)cc([C@@H](C)O)c1. The molecule has 0 unspecified atom stereocenters. The zero-order valence-corrected chi connectivity index (χ0v) is 10.0. The van der Waals surface area contributed by atoms with E-state index in [2.05, 4.69) is 13.8 Å². The van der Waals surface area contributed by atoms with Crippen molar-refractivity contribution in [1.82, 2.24) is 0 Å².